The number of methoxy groups -OCH3 is 2. The average Bonchev–Trinajstić information content (AvgIpc) is 2.62. The van der Waals surface area contributed by atoms with Gasteiger partial charge in [-0.05, 0) is 38.5 Å². The Bertz CT molecular complexity index is 547. The Balaban J connectivity index is 2.77. The first-order valence-electron chi connectivity index (χ1n) is 8.43. The van der Waals surface area contributed by atoms with Crippen LogP contribution in [0.4, 0.5) is 0 Å². The van der Waals surface area contributed by atoms with Gasteiger partial charge in [-0.3, -0.25) is 0 Å². The largest absolute Gasteiger partial charge is 0.493 e. The zero-order valence-electron chi connectivity index (χ0n) is 15.9. The summed E-state index contributed by atoms with van der Waals surface area (Å²) >= 11 is 0. The second kappa shape index (κ2) is 10.8. The summed E-state index contributed by atoms with van der Waals surface area (Å²) in [4.78, 5) is 4.59. The Morgan fingerprint density at radius 1 is 1.20 bits per heavy atom. The Labute approximate surface area is 150 Å². The summed E-state index contributed by atoms with van der Waals surface area (Å²) in [7, 11) is 3.28. The van der Waals surface area contributed by atoms with Gasteiger partial charge in [0.25, 0.3) is 0 Å². The summed E-state index contributed by atoms with van der Waals surface area (Å²) in [6.45, 7) is 8.17. The summed E-state index contributed by atoms with van der Waals surface area (Å²) in [6, 6.07) is 5.65. The van der Waals surface area contributed by atoms with E-state index in [-0.39, 0.29) is 18.8 Å². The van der Waals surface area contributed by atoms with Crippen molar-refractivity contribution in [2.24, 2.45) is 4.99 Å². The highest BCUT2D eigenvalue weighted by atomic mass is 16.5. The molecule has 1 aromatic carbocycles. The van der Waals surface area contributed by atoms with Crippen molar-refractivity contribution in [2.45, 2.75) is 32.9 Å². The molecule has 1 aromatic rings. The Morgan fingerprint density at radius 3 is 2.56 bits per heavy atom. The number of hydrogen-bond acceptors (Lipinski definition) is 5. The van der Waals surface area contributed by atoms with E-state index in [1.165, 1.54) is 0 Å². The van der Waals surface area contributed by atoms with Crippen LogP contribution in [-0.4, -0.2) is 57.2 Å². The summed E-state index contributed by atoms with van der Waals surface area (Å²) < 4.78 is 16.2. The number of benzene rings is 1. The number of aliphatic imine (C=N–C) groups is 1. The molecule has 7 nitrogen and oxygen atoms in total. The van der Waals surface area contributed by atoms with Gasteiger partial charge in [-0.1, -0.05) is 6.07 Å². The molecule has 0 amide bonds. The molecule has 0 unspecified atom stereocenters. The molecule has 7 heteroatoms. The van der Waals surface area contributed by atoms with Crippen LogP contribution in [0, 0.1) is 0 Å². The smallest absolute Gasteiger partial charge is 0.191 e. The van der Waals surface area contributed by atoms with Crippen LogP contribution >= 0.6 is 0 Å². The predicted octanol–water partition coefficient (Wildman–Crippen LogP) is 1.55. The SMILES string of the molecule is CCNC(=NCc1ccc(OCCO)c(OC)c1)NCC(C)(C)OC. The molecular weight excluding hydrogens is 322 g/mol. The number of guanidine groups is 1. The molecule has 0 radical (unpaired) electrons. The molecule has 0 bridgehead atoms. The maximum absolute atomic E-state index is 8.86. The maximum Gasteiger partial charge on any atom is 0.191 e. The molecule has 25 heavy (non-hydrogen) atoms. The van der Waals surface area contributed by atoms with E-state index in [9.17, 15) is 0 Å². The monoisotopic (exact) mass is 353 g/mol. The molecule has 0 atom stereocenters. The predicted molar refractivity (Wildman–Crippen MR) is 99.5 cm³/mol. The van der Waals surface area contributed by atoms with Crippen LogP contribution in [0.25, 0.3) is 0 Å². The summed E-state index contributed by atoms with van der Waals surface area (Å²) in [6.07, 6.45) is 0. The fraction of sp³-hybridized carbons (Fsp3) is 0.611. The number of nitrogens with zero attached hydrogens (tertiary/aromatic N) is 1. The molecule has 0 aliphatic carbocycles. The van der Waals surface area contributed by atoms with Crippen molar-refractivity contribution in [3.8, 4) is 11.5 Å². The van der Waals surface area contributed by atoms with Gasteiger partial charge < -0.3 is 30.0 Å². The lowest BCUT2D eigenvalue weighted by Gasteiger charge is -2.24. The van der Waals surface area contributed by atoms with Gasteiger partial charge in [-0.15, -0.1) is 0 Å². The van der Waals surface area contributed by atoms with Crippen molar-refractivity contribution in [3.63, 3.8) is 0 Å². The Kier molecular flexibility index (Phi) is 9.08. The quantitative estimate of drug-likeness (QED) is 0.437. The first-order valence-corrected chi connectivity index (χ1v) is 8.43. The van der Waals surface area contributed by atoms with Crippen molar-refractivity contribution in [1.29, 1.82) is 0 Å². The number of nitrogens with one attached hydrogen (secondary N) is 2. The van der Waals surface area contributed by atoms with E-state index in [1.54, 1.807) is 14.2 Å². The minimum absolute atomic E-state index is 0.0370. The molecule has 0 aliphatic heterocycles. The second-order valence-electron chi connectivity index (χ2n) is 6.07. The van der Waals surface area contributed by atoms with Gasteiger partial charge in [0.2, 0.25) is 0 Å². The first kappa shape index (κ1) is 21.1. The lowest BCUT2D eigenvalue weighted by molar-refractivity contribution is 0.0268. The van der Waals surface area contributed by atoms with Gasteiger partial charge in [0.15, 0.2) is 17.5 Å². The van der Waals surface area contributed by atoms with Crippen LogP contribution in [0.1, 0.15) is 26.3 Å². The van der Waals surface area contributed by atoms with Gasteiger partial charge >= 0.3 is 0 Å². The van der Waals surface area contributed by atoms with Gasteiger partial charge in [0, 0.05) is 20.2 Å². The fourth-order valence-corrected chi connectivity index (χ4v) is 1.97. The molecule has 1 rings (SSSR count). The third-order valence-electron chi connectivity index (χ3n) is 3.57. The zero-order valence-corrected chi connectivity index (χ0v) is 15.9. The van der Waals surface area contributed by atoms with Crippen molar-refractivity contribution >= 4 is 5.96 Å². The van der Waals surface area contributed by atoms with Crippen molar-refractivity contribution < 1.29 is 19.3 Å². The van der Waals surface area contributed by atoms with Gasteiger partial charge in [-0.2, -0.15) is 0 Å². The summed E-state index contributed by atoms with van der Waals surface area (Å²) in [5, 5.41) is 15.4. The molecule has 3 N–H and O–H groups in total. The first-order chi connectivity index (χ1) is 12.0. The van der Waals surface area contributed by atoms with Gasteiger partial charge in [-0.25, -0.2) is 4.99 Å². The van der Waals surface area contributed by atoms with Gasteiger partial charge in [0.05, 0.1) is 25.9 Å². The van der Waals surface area contributed by atoms with Crippen LogP contribution in [0.3, 0.4) is 0 Å². The topological polar surface area (TPSA) is 84.3 Å². The van der Waals surface area contributed by atoms with Crippen molar-refractivity contribution in [1.82, 2.24) is 10.6 Å². The van der Waals surface area contributed by atoms with E-state index < -0.39 is 0 Å². The number of aliphatic hydroxyl groups excluding tert-OH is 1. The van der Waals surface area contributed by atoms with E-state index in [4.69, 9.17) is 19.3 Å². The zero-order chi connectivity index (χ0) is 18.7. The van der Waals surface area contributed by atoms with E-state index >= 15 is 0 Å². The third-order valence-corrected chi connectivity index (χ3v) is 3.57. The Hall–Kier alpha value is -1.99. The molecule has 0 saturated carbocycles. The highest BCUT2D eigenvalue weighted by Crippen LogP contribution is 2.28. The van der Waals surface area contributed by atoms with Crippen LogP contribution in [0.5, 0.6) is 11.5 Å². The number of hydrogen-bond donors (Lipinski definition) is 3. The lowest BCUT2D eigenvalue weighted by atomic mass is 10.1. The molecule has 0 spiro atoms. The van der Waals surface area contributed by atoms with Crippen LogP contribution in [0.2, 0.25) is 0 Å². The van der Waals surface area contributed by atoms with Crippen LogP contribution < -0.4 is 20.1 Å². The number of rotatable bonds is 10. The Morgan fingerprint density at radius 2 is 1.96 bits per heavy atom. The standard InChI is InChI=1S/C18H31N3O4/c1-6-19-17(21-13-18(2,3)24-5)20-12-14-7-8-15(25-10-9-22)16(11-14)23-4/h7-8,11,22H,6,9-10,12-13H2,1-5H3,(H2,19,20,21). The highest BCUT2D eigenvalue weighted by Gasteiger charge is 2.16. The lowest BCUT2D eigenvalue weighted by Crippen LogP contribution is -2.45. The van der Waals surface area contributed by atoms with E-state index in [2.05, 4.69) is 15.6 Å². The molecule has 0 fully saturated rings. The van der Waals surface area contributed by atoms with Crippen molar-refractivity contribution in [2.75, 3.05) is 40.5 Å². The minimum Gasteiger partial charge on any atom is -0.493 e. The fourth-order valence-electron chi connectivity index (χ4n) is 1.97. The maximum atomic E-state index is 8.86. The summed E-state index contributed by atoms with van der Waals surface area (Å²) in [5.74, 6) is 1.96. The average molecular weight is 353 g/mol. The van der Waals surface area contributed by atoms with Gasteiger partial charge in [0.1, 0.15) is 6.61 Å². The summed E-state index contributed by atoms with van der Waals surface area (Å²) in [5.41, 5.74) is 0.724. The van der Waals surface area contributed by atoms with Crippen LogP contribution in [-0.2, 0) is 11.3 Å². The van der Waals surface area contributed by atoms with Crippen LogP contribution in [0.15, 0.2) is 23.2 Å². The number of aliphatic hydroxyl groups is 1. The molecule has 0 aliphatic rings. The van der Waals surface area contributed by atoms with E-state index in [0.717, 1.165) is 18.1 Å². The van der Waals surface area contributed by atoms with E-state index in [1.807, 2.05) is 39.0 Å². The molecule has 0 saturated heterocycles. The van der Waals surface area contributed by atoms with Crippen molar-refractivity contribution in [3.05, 3.63) is 23.8 Å². The second-order valence-corrected chi connectivity index (χ2v) is 6.07. The third kappa shape index (κ3) is 7.62. The molecule has 0 heterocycles. The number of ether oxygens (including phenoxy) is 3. The van der Waals surface area contributed by atoms with E-state index in [0.29, 0.717) is 24.6 Å². The normalized spacial score (nSPS) is 12.0. The highest BCUT2D eigenvalue weighted by molar-refractivity contribution is 5.79. The molecule has 0 aromatic heterocycles. The molecular formula is C18H31N3O4. The minimum atomic E-state index is -0.273. The molecule has 142 valence electrons.